The van der Waals surface area contributed by atoms with Crippen molar-refractivity contribution in [1.29, 1.82) is 0 Å². The second-order valence-corrected chi connectivity index (χ2v) is 6.64. The number of halogens is 1. The number of benzene rings is 1. The van der Waals surface area contributed by atoms with E-state index in [0.29, 0.717) is 23.9 Å². The molecule has 0 saturated heterocycles. The molecule has 1 heterocycles. The first-order chi connectivity index (χ1) is 11.5. The molecule has 1 aromatic heterocycles. The Bertz CT molecular complexity index is 699. The highest BCUT2D eigenvalue weighted by molar-refractivity contribution is 5.95. The molecule has 1 fully saturated rings. The van der Waals surface area contributed by atoms with Gasteiger partial charge < -0.3 is 9.32 Å². The molecule has 1 aromatic carbocycles. The molecule has 1 amide bonds. The van der Waals surface area contributed by atoms with Crippen molar-refractivity contribution in [2.45, 2.75) is 52.0 Å². The van der Waals surface area contributed by atoms with Crippen LogP contribution >= 0.6 is 0 Å². The van der Waals surface area contributed by atoms with Crippen molar-refractivity contribution >= 4 is 5.91 Å². The fourth-order valence-corrected chi connectivity index (χ4v) is 3.56. The molecule has 2 aromatic rings. The Hall–Kier alpha value is -2.10. The van der Waals surface area contributed by atoms with Crippen molar-refractivity contribution in [1.82, 2.24) is 4.90 Å². The van der Waals surface area contributed by atoms with Gasteiger partial charge in [0.2, 0.25) is 0 Å². The molecule has 1 aliphatic carbocycles. The Morgan fingerprint density at radius 3 is 2.46 bits per heavy atom. The van der Waals surface area contributed by atoms with Crippen LogP contribution in [0.3, 0.4) is 0 Å². The zero-order chi connectivity index (χ0) is 17.1. The minimum Gasteiger partial charge on any atom is -0.466 e. The number of rotatable bonds is 5. The van der Waals surface area contributed by atoms with Crippen LogP contribution in [0.1, 0.15) is 53.1 Å². The van der Waals surface area contributed by atoms with Gasteiger partial charge in [0.25, 0.3) is 5.91 Å². The molecule has 24 heavy (non-hydrogen) atoms. The van der Waals surface area contributed by atoms with Gasteiger partial charge in [-0.1, -0.05) is 25.0 Å². The number of carbonyl (C=O) groups excluding carboxylic acids is 1. The average Bonchev–Trinajstić information content (AvgIpc) is 3.19. The Labute approximate surface area is 142 Å². The van der Waals surface area contributed by atoms with Crippen molar-refractivity contribution in [3.63, 3.8) is 0 Å². The maximum atomic E-state index is 13.1. The van der Waals surface area contributed by atoms with E-state index in [-0.39, 0.29) is 11.7 Å². The van der Waals surface area contributed by atoms with E-state index in [9.17, 15) is 9.18 Å². The van der Waals surface area contributed by atoms with Gasteiger partial charge in [0.05, 0.1) is 5.56 Å². The lowest BCUT2D eigenvalue weighted by Gasteiger charge is -2.29. The summed E-state index contributed by atoms with van der Waals surface area (Å²) in [4.78, 5) is 15.0. The van der Waals surface area contributed by atoms with Crippen LogP contribution in [0.25, 0.3) is 0 Å². The minimum atomic E-state index is -0.230. The first-order valence-electron chi connectivity index (χ1n) is 8.67. The van der Waals surface area contributed by atoms with Crippen molar-refractivity contribution in [2.75, 3.05) is 6.54 Å². The highest BCUT2D eigenvalue weighted by Crippen LogP contribution is 2.26. The standard InChI is InChI=1S/C20H24FNO2/c1-14-13-19(15(2)24-14)20(23)22(18-5-3-4-6-18)12-11-16-7-9-17(21)10-8-16/h7-10,13,18H,3-6,11-12H2,1-2H3. The summed E-state index contributed by atoms with van der Waals surface area (Å²) in [7, 11) is 0. The molecule has 4 heteroatoms. The molecule has 3 nitrogen and oxygen atoms in total. The first kappa shape index (κ1) is 16.7. The molecule has 0 N–H and O–H groups in total. The van der Waals surface area contributed by atoms with Crippen molar-refractivity contribution in [3.8, 4) is 0 Å². The number of carbonyl (C=O) groups is 1. The van der Waals surface area contributed by atoms with E-state index in [0.717, 1.165) is 30.6 Å². The number of amides is 1. The van der Waals surface area contributed by atoms with Crippen LogP contribution in [-0.2, 0) is 6.42 Å². The van der Waals surface area contributed by atoms with Crippen LogP contribution in [-0.4, -0.2) is 23.4 Å². The van der Waals surface area contributed by atoms with E-state index in [1.807, 2.05) is 24.8 Å². The summed E-state index contributed by atoms with van der Waals surface area (Å²) in [6, 6.07) is 8.66. The van der Waals surface area contributed by atoms with E-state index >= 15 is 0 Å². The molecule has 1 saturated carbocycles. The third kappa shape index (κ3) is 3.69. The van der Waals surface area contributed by atoms with E-state index < -0.39 is 0 Å². The fraction of sp³-hybridized carbons (Fsp3) is 0.450. The molecular weight excluding hydrogens is 305 g/mol. The normalized spacial score (nSPS) is 15.0. The van der Waals surface area contributed by atoms with Crippen molar-refractivity contribution in [2.24, 2.45) is 0 Å². The molecular formula is C20H24FNO2. The number of hydrogen-bond donors (Lipinski definition) is 0. The van der Waals surface area contributed by atoms with Crippen molar-refractivity contribution < 1.29 is 13.6 Å². The second kappa shape index (κ2) is 7.20. The van der Waals surface area contributed by atoms with E-state index in [1.54, 1.807) is 12.1 Å². The highest BCUT2D eigenvalue weighted by atomic mass is 19.1. The third-order valence-corrected chi connectivity index (χ3v) is 4.85. The molecule has 0 atom stereocenters. The maximum Gasteiger partial charge on any atom is 0.257 e. The van der Waals surface area contributed by atoms with Gasteiger partial charge in [0.1, 0.15) is 17.3 Å². The largest absolute Gasteiger partial charge is 0.466 e. The van der Waals surface area contributed by atoms with Gasteiger partial charge in [-0.3, -0.25) is 4.79 Å². The Morgan fingerprint density at radius 1 is 1.21 bits per heavy atom. The summed E-state index contributed by atoms with van der Waals surface area (Å²) in [6.07, 6.45) is 5.21. The Balaban J connectivity index is 1.76. The summed E-state index contributed by atoms with van der Waals surface area (Å²) in [5, 5.41) is 0. The van der Waals surface area contributed by atoms with E-state index in [4.69, 9.17) is 4.42 Å². The van der Waals surface area contributed by atoms with Crippen LogP contribution in [0, 0.1) is 19.7 Å². The monoisotopic (exact) mass is 329 g/mol. The second-order valence-electron chi connectivity index (χ2n) is 6.64. The number of nitrogens with zero attached hydrogens (tertiary/aromatic N) is 1. The van der Waals surface area contributed by atoms with Gasteiger partial charge >= 0.3 is 0 Å². The Morgan fingerprint density at radius 2 is 1.88 bits per heavy atom. The molecule has 0 unspecified atom stereocenters. The van der Waals surface area contributed by atoms with E-state index in [2.05, 4.69) is 0 Å². The lowest BCUT2D eigenvalue weighted by atomic mass is 10.1. The van der Waals surface area contributed by atoms with Crippen LogP contribution in [0.15, 0.2) is 34.7 Å². The van der Waals surface area contributed by atoms with Gasteiger partial charge in [-0.2, -0.15) is 0 Å². The smallest absolute Gasteiger partial charge is 0.257 e. The van der Waals surface area contributed by atoms with Gasteiger partial charge in [-0.25, -0.2) is 4.39 Å². The van der Waals surface area contributed by atoms with Crippen molar-refractivity contribution in [3.05, 3.63) is 58.8 Å². The number of furan rings is 1. The molecule has 0 aliphatic heterocycles. The lowest BCUT2D eigenvalue weighted by molar-refractivity contribution is 0.0682. The summed E-state index contributed by atoms with van der Waals surface area (Å²) in [5.74, 6) is 1.27. The third-order valence-electron chi connectivity index (χ3n) is 4.85. The number of hydrogen-bond acceptors (Lipinski definition) is 2. The van der Waals surface area contributed by atoms with E-state index in [1.165, 1.54) is 25.0 Å². The van der Waals surface area contributed by atoms with Crippen LogP contribution < -0.4 is 0 Å². The van der Waals surface area contributed by atoms with Gasteiger partial charge in [0, 0.05) is 12.6 Å². The summed E-state index contributed by atoms with van der Waals surface area (Å²) in [5.41, 5.74) is 1.71. The SMILES string of the molecule is Cc1cc(C(=O)N(CCc2ccc(F)cc2)C2CCCC2)c(C)o1. The van der Waals surface area contributed by atoms with Crippen LogP contribution in [0.2, 0.25) is 0 Å². The quantitative estimate of drug-likeness (QED) is 0.799. The van der Waals surface area contributed by atoms with Gasteiger partial charge in [-0.05, 0) is 56.9 Å². The summed E-state index contributed by atoms with van der Waals surface area (Å²) < 4.78 is 18.6. The zero-order valence-electron chi connectivity index (χ0n) is 14.3. The molecule has 128 valence electrons. The van der Waals surface area contributed by atoms with Crippen LogP contribution in [0.4, 0.5) is 4.39 Å². The van der Waals surface area contributed by atoms with Gasteiger partial charge in [-0.15, -0.1) is 0 Å². The predicted molar refractivity (Wildman–Crippen MR) is 91.6 cm³/mol. The summed E-state index contributed by atoms with van der Waals surface area (Å²) >= 11 is 0. The zero-order valence-corrected chi connectivity index (χ0v) is 14.3. The average molecular weight is 329 g/mol. The summed E-state index contributed by atoms with van der Waals surface area (Å²) in [6.45, 7) is 4.36. The fourth-order valence-electron chi connectivity index (χ4n) is 3.56. The molecule has 1 aliphatic rings. The van der Waals surface area contributed by atoms with Gasteiger partial charge in [0.15, 0.2) is 0 Å². The molecule has 0 spiro atoms. The lowest BCUT2D eigenvalue weighted by Crippen LogP contribution is -2.40. The van der Waals surface area contributed by atoms with Crippen LogP contribution in [0.5, 0.6) is 0 Å². The molecule has 3 rings (SSSR count). The predicted octanol–water partition coefficient (Wildman–Crippen LogP) is 4.66. The molecule has 0 radical (unpaired) electrons. The number of aryl methyl sites for hydroxylation is 2. The Kier molecular flexibility index (Phi) is 5.03. The minimum absolute atomic E-state index is 0.0540. The topological polar surface area (TPSA) is 33.5 Å². The first-order valence-corrected chi connectivity index (χ1v) is 8.67. The maximum absolute atomic E-state index is 13.1. The highest BCUT2D eigenvalue weighted by Gasteiger charge is 2.29. The molecule has 0 bridgehead atoms.